The van der Waals surface area contributed by atoms with Crippen molar-refractivity contribution in [3.8, 4) is 11.6 Å². The van der Waals surface area contributed by atoms with Crippen LogP contribution >= 0.6 is 0 Å². The fraction of sp³-hybridized carbons (Fsp3) is 0.469. The van der Waals surface area contributed by atoms with E-state index in [1.54, 1.807) is 17.2 Å². The third-order valence-electron chi connectivity index (χ3n) is 8.93. The van der Waals surface area contributed by atoms with Crippen molar-refractivity contribution in [2.45, 2.75) is 58.4 Å². The SMILES string of the molecule is CCC1CN(C(=O)Cc2ccc(CN3CCN(CC)CC3)c(C(F)(F)F)c2)Cc2cc(Oc3ncnc4c3CNC(=O)N4)cnc21. The van der Waals surface area contributed by atoms with E-state index >= 15 is 0 Å². The van der Waals surface area contributed by atoms with Gasteiger partial charge in [0.15, 0.2) is 0 Å². The van der Waals surface area contributed by atoms with E-state index in [-0.39, 0.29) is 55.4 Å². The predicted molar refractivity (Wildman–Crippen MR) is 163 cm³/mol. The van der Waals surface area contributed by atoms with Gasteiger partial charge in [-0.15, -0.1) is 0 Å². The number of ether oxygens (including phenoxy) is 1. The number of benzene rings is 1. The van der Waals surface area contributed by atoms with Crippen LogP contribution in [-0.4, -0.2) is 80.9 Å². The van der Waals surface area contributed by atoms with Gasteiger partial charge in [0.2, 0.25) is 11.8 Å². The second-order valence-electron chi connectivity index (χ2n) is 11.9. The number of urea groups is 1. The van der Waals surface area contributed by atoms with Crippen molar-refractivity contribution in [3.05, 3.63) is 70.3 Å². The molecule has 0 bridgehead atoms. The lowest BCUT2D eigenvalue weighted by Gasteiger charge is -2.34. The number of likely N-dealkylation sites (N-methyl/N-ethyl adjacent to an activating group) is 1. The average Bonchev–Trinajstić information content (AvgIpc) is 3.04. The zero-order valence-corrected chi connectivity index (χ0v) is 25.9. The molecule has 6 rings (SSSR count). The number of alkyl halides is 3. The summed E-state index contributed by atoms with van der Waals surface area (Å²) >= 11 is 0. The Bertz CT molecular complexity index is 1610. The molecule has 1 unspecified atom stereocenters. The maximum atomic E-state index is 14.2. The molecule has 2 N–H and O–H groups in total. The summed E-state index contributed by atoms with van der Waals surface area (Å²) in [6.07, 6.45) is -1.03. The monoisotopic (exact) mass is 638 g/mol. The van der Waals surface area contributed by atoms with Gasteiger partial charge in [-0.3, -0.25) is 20.0 Å². The number of pyridine rings is 1. The second kappa shape index (κ2) is 13.2. The van der Waals surface area contributed by atoms with Crippen molar-refractivity contribution in [1.82, 2.24) is 35.0 Å². The van der Waals surface area contributed by atoms with Gasteiger partial charge in [-0.05, 0) is 41.8 Å². The van der Waals surface area contributed by atoms with Crippen LogP contribution in [0.15, 0.2) is 36.8 Å². The fourth-order valence-electron chi connectivity index (χ4n) is 6.29. The first-order valence-corrected chi connectivity index (χ1v) is 15.6. The molecule has 3 aliphatic rings. The standard InChI is InChI=1S/C32H37F3N8O3/c1-3-21-17-43(18-23-13-24(14-36-28(21)23)46-30-25-15-37-31(45)40-29(25)38-19-39-30)27(44)12-20-5-6-22(26(11-20)32(33,34)35)16-42-9-7-41(4-2)8-10-42/h5-6,11,13-14,19,21H,3-4,7-10,12,15-18H2,1-2H3,(H2,37,38,39,40,45). The van der Waals surface area contributed by atoms with Crippen LogP contribution in [0.2, 0.25) is 0 Å². The van der Waals surface area contributed by atoms with E-state index in [0.717, 1.165) is 56.5 Å². The number of piperazine rings is 1. The molecule has 0 spiro atoms. The normalized spacial score (nSPS) is 18.8. The Hall–Kier alpha value is -4.30. The number of aromatic nitrogens is 3. The van der Waals surface area contributed by atoms with Crippen molar-refractivity contribution in [2.75, 3.05) is 44.6 Å². The smallest absolute Gasteiger partial charge is 0.416 e. The quantitative estimate of drug-likeness (QED) is 0.370. The largest absolute Gasteiger partial charge is 0.437 e. The lowest BCUT2D eigenvalue weighted by atomic mass is 9.92. The molecule has 5 heterocycles. The van der Waals surface area contributed by atoms with Crippen molar-refractivity contribution in [1.29, 1.82) is 0 Å². The van der Waals surface area contributed by atoms with Crippen LogP contribution in [-0.2, 0) is 37.0 Å². The zero-order valence-electron chi connectivity index (χ0n) is 25.9. The highest BCUT2D eigenvalue weighted by molar-refractivity contribution is 5.91. The summed E-state index contributed by atoms with van der Waals surface area (Å²) in [5, 5.41) is 5.28. The van der Waals surface area contributed by atoms with Crippen LogP contribution in [0.4, 0.5) is 23.8 Å². The molecule has 1 fully saturated rings. The van der Waals surface area contributed by atoms with Gasteiger partial charge in [-0.1, -0.05) is 26.0 Å². The third kappa shape index (κ3) is 6.92. The Kier molecular flexibility index (Phi) is 9.09. The molecular formula is C32H37F3N8O3. The maximum absolute atomic E-state index is 14.2. The number of nitrogens with one attached hydrogen (secondary N) is 2. The van der Waals surface area contributed by atoms with Crippen molar-refractivity contribution in [3.63, 3.8) is 0 Å². The second-order valence-corrected chi connectivity index (χ2v) is 11.9. The highest BCUT2D eigenvalue weighted by Gasteiger charge is 2.35. The summed E-state index contributed by atoms with van der Waals surface area (Å²) in [7, 11) is 0. The number of anilines is 1. The van der Waals surface area contributed by atoms with E-state index in [2.05, 4.69) is 42.3 Å². The van der Waals surface area contributed by atoms with E-state index in [1.807, 2.05) is 13.0 Å². The van der Waals surface area contributed by atoms with Crippen molar-refractivity contribution < 1.29 is 27.5 Å². The summed E-state index contributed by atoms with van der Waals surface area (Å²) < 4.78 is 48.6. The van der Waals surface area contributed by atoms with Gasteiger partial charge in [0.1, 0.15) is 17.9 Å². The number of fused-ring (bicyclic) bond motifs is 2. The molecule has 14 heteroatoms. The Balaban J connectivity index is 1.17. The minimum atomic E-state index is -4.52. The number of carbonyl (C=O) groups is 2. The Morgan fingerprint density at radius 2 is 1.85 bits per heavy atom. The van der Waals surface area contributed by atoms with Gasteiger partial charge in [0, 0.05) is 51.7 Å². The summed E-state index contributed by atoms with van der Waals surface area (Å²) in [6.45, 7) is 9.25. The lowest BCUT2D eigenvalue weighted by Crippen LogP contribution is -2.45. The first kappa shape index (κ1) is 31.7. The molecule has 11 nitrogen and oxygen atoms in total. The summed E-state index contributed by atoms with van der Waals surface area (Å²) in [5.74, 6) is 0.747. The van der Waals surface area contributed by atoms with E-state index < -0.39 is 11.7 Å². The van der Waals surface area contributed by atoms with E-state index in [9.17, 15) is 22.8 Å². The Morgan fingerprint density at radius 3 is 2.59 bits per heavy atom. The number of halogens is 3. The van der Waals surface area contributed by atoms with Crippen LogP contribution in [0.1, 0.15) is 59.7 Å². The molecule has 0 aliphatic carbocycles. The van der Waals surface area contributed by atoms with Crippen molar-refractivity contribution >= 4 is 17.8 Å². The van der Waals surface area contributed by atoms with Crippen LogP contribution in [0.25, 0.3) is 0 Å². The minimum absolute atomic E-state index is 0.0331. The molecule has 0 saturated carbocycles. The molecule has 3 amide bonds. The maximum Gasteiger partial charge on any atom is 0.416 e. The number of amides is 3. The fourth-order valence-corrected chi connectivity index (χ4v) is 6.29. The number of hydrogen-bond acceptors (Lipinski definition) is 8. The lowest BCUT2D eigenvalue weighted by molar-refractivity contribution is -0.139. The molecule has 1 atom stereocenters. The molecule has 244 valence electrons. The average molecular weight is 639 g/mol. The van der Waals surface area contributed by atoms with Gasteiger partial charge < -0.3 is 19.9 Å². The van der Waals surface area contributed by atoms with Crippen molar-refractivity contribution in [2.24, 2.45) is 0 Å². The van der Waals surface area contributed by atoms with Crippen LogP contribution < -0.4 is 15.4 Å². The minimum Gasteiger partial charge on any atom is -0.437 e. The molecular weight excluding hydrogens is 601 g/mol. The van der Waals surface area contributed by atoms with Gasteiger partial charge in [0.05, 0.1) is 36.0 Å². The van der Waals surface area contributed by atoms with E-state index in [0.29, 0.717) is 29.2 Å². The Labute approximate surface area is 265 Å². The predicted octanol–water partition coefficient (Wildman–Crippen LogP) is 4.53. The van der Waals surface area contributed by atoms with E-state index in [4.69, 9.17) is 4.74 Å². The van der Waals surface area contributed by atoms with Crippen LogP contribution in [0.5, 0.6) is 11.6 Å². The number of nitrogens with zero attached hydrogens (tertiary/aromatic N) is 6. The molecule has 1 saturated heterocycles. The highest BCUT2D eigenvalue weighted by Crippen LogP contribution is 2.36. The summed E-state index contributed by atoms with van der Waals surface area (Å²) in [5.41, 5.74) is 2.13. The van der Waals surface area contributed by atoms with Gasteiger partial charge in [-0.2, -0.15) is 13.2 Å². The summed E-state index contributed by atoms with van der Waals surface area (Å²) in [6, 6.07) is 5.75. The van der Waals surface area contributed by atoms with Gasteiger partial charge in [-0.25, -0.2) is 14.8 Å². The summed E-state index contributed by atoms with van der Waals surface area (Å²) in [4.78, 5) is 44.2. The Morgan fingerprint density at radius 1 is 1.07 bits per heavy atom. The molecule has 3 aliphatic heterocycles. The molecule has 46 heavy (non-hydrogen) atoms. The number of carbonyl (C=O) groups excluding carboxylic acids is 2. The molecule has 3 aromatic rings. The van der Waals surface area contributed by atoms with Crippen LogP contribution in [0, 0.1) is 0 Å². The number of rotatable bonds is 8. The molecule has 1 aromatic carbocycles. The van der Waals surface area contributed by atoms with Gasteiger partial charge >= 0.3 is 12.2 Å². The van der Waals surface area contributed by atoms with Crippen LogP contribution in [0.3, 0.4) is 0 Å². The van der Waals surface area contributed by atoms with Gasteiger partial charge in [0.25, 0.3) is 0 Å². The first-order valence-electron chi connectivity index (χ1n) is 15.6. The van der Waals surface area contributed by atoms with E-state index in [1.165, 1.54) is 12.4 Å². The zero-order chi connectivity index (χ0) is 32.4. The third-order valence-corrected chi connectivity index (χ3v) is 8.93. The molecule has 2 aromatic heterocycles. The number of hydrogen-bond donors (Lipinski definition) is 2. The topological polar surface area (TPSA) is 116 Å². The molecule has 0 radical (unpaired) electrons. The first-order chi connectivity index (χ1) is 22.1. The highest BCUT2D eigenvalue weighted by atomic mass is 19.4.